The minimum absolute atomic E-state index is 0.516. The van der Waals surface area contributed by atoms with E-state index in [4.69, 9.17) is 4.74 Å². The van der Waals surface area contributed by atoms with Crippen molar-refractivity contribution in [3.8, 4) is 0 Å². The number of hydrogen-bond acceptors (Lipinski definition) is 2. The predicted molar refractivity (Wildman–Crippen MR) is 72.2 cm³/mol. The van der Waals surface area contributed by atoms with Gasteiger partial charge in [0.25, 0.3) is 0 Å². The van der Waals surface area contributed by atoms with Crippen molar-refractivity contribution in [2.75, 3.05) is 6.61 Å². The Bertz CT molecular complexity index is 211. The Balaban J connectivity index is 1.73. The minimum Gasteiger partial charge on any atom is -0.378 e. The van der Waals surface area contributed by atoms with E-state index in [-0.39, 0.29) is 0 Å². The molecule has 0 aromatic heterocycles. The number of rotatable bonds is 5. The van der Waals surface area contributed by atoms with E-state index in [2.05, 4.69) is 19.2 Å². The summed E-state index contributed by atoms with van der Waals surface area (Å²) in [6, 6.07) is 1.42. The van der Waals surface area contributed by atoms with Crippen LogP contribution in [0, 0.1) is 5.92 Å². The second kappa shape index (κ2) is 6.75. The summed E-state index contributed by atoms with van der Waals surface area (Å²) in [5.74, 6) is 0.933. The molecule has 2 unspecified atom stereocenters. The number of nitrogens with one attached hydrogen (secondary N) is 1. The van der Waals surface area contributed by atoms with Crippen molar-refractivity contribution in [1.29, 1.82) is 0 Å². The molecule has 2 aliphatic rings. The molecule has 0 bridgehead atoms. The first-order valence-corrected chi connectivity index (χ1v) is 7.67. The molecule has 1 saturated heterocycles. The average molecular weight is 239 g/mol. The maximum atomic E-state index is 5.82. The summed E-state index contributed by atoms with van der Waals surface area (Å²) < 4.78 is 5.82. The van der Waals surface area contributed by atoms with Crippen LogP contribution >= 0.6 is 0 Å². The molecular formula is C15H29NO. The zero-order chi connectivity index (χ0) is 12.1. The Morgan fingerprint density at radius 1 is 1.24 bits per heavy atom. The fourth-order valence-corrected chi connectivity index (χ4v) is 3.52. The Kier molecular flexibility index (Phi) is 5.30. The smallest absolute Gasteiger partial charge is 0.0589 e. The van der Waals surface area contributed by atoms with Crippen LogP contribution in [0.3, 0.4) is 0 Å². The van der Waals surface area contributed by atoms with Crippen LogP contribution in [0.4, 0.5) is 0 Å². The maximum Gasteiger partial charge on any atom is 0.0589 e. The third-order valence-electron chi connectivity index (χ3n) is 4.58. The van der Waals surface area contributed by atoms with Gasteiger partial charge in [0.2, 0.25) is 0 Å². The topological polar surface area (TPSA) is 21.3 Å². The van der Waals surface area contributed by atoms with Gasteiger partial charge < -0.3 is 10.1 Å². The van der Waals surface area contributed by atoms with Crippen LogP contribution in [0.25, 0.3) is 0 Å². The van der Waals surface area contributed by atoms with Gasteiger partial charge in [-0.25, -0.2) is 0 Å². The standard InChI is InChI=1S/C15H29NO/c1-3-6-15-11-14(9-10-17-15)16-12(2)13-7-4-5-8-13/h12-16H,3-11H2,1-2H3/t12-,14?,15?/m0/s1. The quantitative estimate of drug-likeness (QED) is 0.793. The normalized spacial score (nSPS) is 32.8. The van der Waals surface area contributed by atoms with Crippen LogP contribution in [0.2, 0.25) is 0 Å². The van der Waals surface area contributed by atoms with Gasteiger partial charge in [-0.15, -0.1) is 0 Å². The molecular weight excluding hydrogens is 210 g/mol. The molecule has 0 radical (unpaired) electrons. The predicted octanol–water partition coefficient (Wildman–Crippen LogP) is 3.50. The zero-order valence-electron chi connectivity index (χ0n) is 11.6. The lowest BCUT2D eigenvalue weighted by Gasteiger charge is -2.33. The van der Waals surface area contributed by atoms with Crippen molar-refractivity contribution < 1.29 is 4.74 Å². The summed E-state index contributed by atoms with van der Waals surface area (Å²) in [5.41, 5.74) is 0. The van der Waals surface area contributed by atoms with E-state index in [0.29, 0.717) is 18.2 Å². The van der Waals surface area contributed by atoms with Crippen molar-refractivity contribution in [2.24, 2.45) is 5.92 Å². The summed E-state index contributed by atoms with van der Waals surface area (Å²) >= 11 is 0. The Labute approximate surface area is 107 Å². The van der Waals surface area contributed by atoms with Gasteiger partial charge in [0.15, 0.2) is 0 Å². The van der Waals surface area contributed by atoms with Crippen molar-refractivity contribution in [3.05, 3.63) is 0 Å². The number of ether oxygens (including phenoxy) is 1. The van der Waals surface area contributed by atoms with E-state index in [1.54, 1.807) is 0 Å². The van der Waals surface area contributed by atoms with E-state index in [1.807, 2.05) is 0 Å². The summed E-state index contributed by atoms with van der Waals surface area (Å²) in [6.07, 6.45) is 11.2. The first-order valence-electron chi connectivity index (χ1n) is 7.67. The lowest BCUT2D eigenvalue weighted by Crippen LogP contribution is -2.45. The first kappa shape index (κ1) is 13.4. The van der Waals surface area contributed by atoms with Gasteiger partial charge in [0, 0.05) is 18.7 Å². The van der Waals surface area contributed by atoms with E-state index >= 15 is 0 Å². The first-order chi connectivity index (χ1) is 8.29. The maximum absolute atomic E-state index is 5.82. The molecule has 2 rings (SSSR count). The Morgan fingerprint density at radius 2 is 2.00 bits per heavy atom. The van der Waals surface area contributed by atoms with Crippen molar-refractivity contribution in [3.63, 3.8) is 0 Å². The van der Waals surface area contributed by atoms with Crippen LogP contribution in [0.5, 0.6) is 0 Å². The van der Waals surface area contributed by atoms with E-state index < -0.39 is 0 Å². The van der Waals surface area contributed by atoms with Gasteiger partial charge in [0.05, 0.1) is 6.10 Å². The van der Waals surface area contributed by atoms with Crippen LogP contribution < -0.4 is 5.32 Å². The molecule has 3 atom stereocenters. The molecule has 0 spiro atoms. The lowest BCUT2D eigenvalue weighted by molar-refractivity contribution is -0.00580. The highest BCUT2D eigenvalue weighted by Crippen LogP contribution is 2.28. The van der Waals surface area contributed by atoms with Crippen LogP contribution in [-0.2, 0) is 4.74 Å². The van der Waals surface area contributed by atoms with Gasteiger partial charge in [-0.2, -0.15) is 0 Å². The van der Waals surface area contributed by atoms with Gasteiger partial charge >= 0.3 is 0 Å². The van der Waals surface area contributed by atoms with Crippen molar-refractivity contribution >= 4 is 0 Å². The third-order valence-corrected chi connectivity index (χ3v) is 4.58. The molecule has 1 saturated carbocycles. The van der Waals surface area contributed by atoms with E-state index in [1.165, 1.54) is 51.4 Å². The SMILES string of the molecule is CCCC1CC(N[C@@H](C)C2CCCC2)CCO1. The van der Waals surface area contributed by atoms with Gasteiger partial charge in [-0.1, -0.05) is 26.2 Å². The second-order valence-electron chi connectivity index (χ2n) is 6.00. The molecule has 100 valence electrons. The highest BCUT2D eigenvalue weighted by atomic mass is 16.5. The van der Waals surface area contributed by atoms with Crippen LogP contribution in [-0.4, -0.2) is 24.8 Å². The lowest BCUT2D eigenvalue weighted by atomic mass is 9.95. The average Bonchev–Trinajstić information content (AvgIpc) is 2.83. The highest BCUT2D eigenvalue weighted by molar-refractivity contribution is 4.83. The fraction of sp³-hybridized carbons (Fsp3) is 1.00. The summed E-state index contributed by atoms with van der Waals surface area (Å²) in [5, 5.41) is 3.87. The van der Waals surface area contributed by atoms with Gasteiger partial charge in [0.1, 0.15) is 0 Å². The molecule has 1 aliphatic carbocycles. The highest BCUT2D eigenvalue weighted by Gasteiger charge is 2.27. The van der Waals surface area contributed by atoms with Crippen LogP contribution in [0.1, 0.15) is 65.2 Å². The molecule has 1 aliphatic heterocycles. The molecule has 2 nitrogen and oxygen atoms in total. The van der Waals surface area contributed by atoms with Crippen molar-refractivity contribution in [2.45, 2.75) is 83.4 Å². The molecule has 1 heterocycles. The van der Waals surface area contributed by atoms with Gasteiger partial charge in [-0.05, 0) is 44.9 Å². The zero-order valence-corrected chi connectivity index (χ0v) is 11.6. The Hall–Kier alpha value is -0.0800. The minimum atomic E-state index is 0.516. The summed E-state index contributed by atoms with van der Waals surface area (Å²) in [4.78, 5) is 0. The third kappa shape index (κ3) is 3.96. The van der Waals surface area contributed by atoms with Crippen molar-refractivity contribution in [1.82, 2.24) is 5.32 Å². The fourth-order valence-electron chi connectivity index (χ4n) is 3.52. The molecule has 0 aromatic carbocycles. The van der Waals surface area contributed by atoms with E-state index in [9.17, 15) is 0 Å². The molecule has 0 aromatic rings. The number of hydrogen-bond donors (Lipinski definition) is 1. The molecule has 2 heteroatoms. The summed E-state index contributed by atoms with van der Waals surface area (Å²) in [6.45, 7) is 5.60. The molecule has 0 amide bonds. The molecule has 1 N–H and O–H groups in total. The van der Waals surface area contributed by atoms with Crippen LogP contribution in [0.15, 0.2) is 0 Å². The molecule has 17 heavy (non-hydrogen) atoms. The Morgan fingerprint density at radius 3 is 2.71 bits per heavy atom. The van der Waals surface area contributed by atoms with E-state index in [0.717, 1.165) is 12.5 Å². The largest absolute Gasteiger partial charge is 0.378 e. The van der Waals surface area contributed by atoms with Gasteiger partial charge in [-0.3, -0.25) is 0 Å². The monoisotopic (exact) mass is 239 g/mol. The summed E-state index contributed by atoms with van der Waals surface area (Å²) in [7, 11) is 0. The molecule has 2 fully saturated rings. The second-order valence-corrected chi connectivity index (χ2v) is 6.00.